The van der Waals surface area contributed by atoms with Crippen LogP contribution in [0.15, 0.2) is 0 Å². The minimum atomic E-state index is -4.75. The molecule has 0 saturated heterocycles. The summed E-state index contributed by atoms with van der Waals surface area (Å²) >= 11 is 0. The van der Waals surface area contributed by atoms with Crippen LogP contribution in [0.1, 0.15) is 84.0 Å². The maximum absolute atomic E-state index is 10.2. The van der Waals surface area contributed by atoms with Gasteiger partial charge in [0.15, 0.2) is 0 Å². The molecular formula is C14H29O4PZn. The van der Waals surface area contributed by atoms with Crippen molar-refractivity contribution in [2.45, 2.75) is 84.0 Å². The molecule has 0 aliphatic carbocycles. The van der Waals surface area contributed by atoms with Gasteiger partial charge in [-0.1, -0.05) is 77.6 Å². The normalized spacial score (nSPS) is 11.3. The fraction of sp³-hybridized carbons (Fsp3) is 1.00. The smallest absolute Gasteiger partial charge is 0.790 e. The van der Waals surface area contributed by atoms with Crippen molar-refractivity contribution in [3.05, 3.63) is 0 Å². The third-order valence-electron chi connectivity index (χ3n) is 3.25. The van der Waals surface area contributed by atoms with Crippen molar-refractivity contribution >= 4 is 7.82 Å². The van der Waals surface area contributed by atoms with Gasteiger partial charge >= 0.3 is 19.5 Å². The topological polar surface area (TPSA) is 72.4 Å². The van der Waals surface area contributed by atoms with Crippen molar-refractivity contribution in [1.82, 2.24) is 0 Å². The second-order valence-corrected chi connectivity index (χ2v) is 6.32. The molecule has 0 unspecified atom stereocenters. The third-order valence-corrected chi connectivity index (χ3v) is 3.75. The summed E-state index contributed by atoms with van der Waals surface area (Å²) in [5.41, 5.74) is 0. The van der Waals surface area contributed by atoms with Gasteiger partial charge in [-0.25, -0.2) is 0 Å². The summed E-state index contributed by atoms with van der Waals surface area (Å²) in [6.07, 6.45) is 14.6. The number of unbranched alkanes of at least 4 members (excludes halogenated alkanes) is 11. The van der Waals surface area contributed by atoms with Crippen LogP contribution in [0.5, 0.6) is 0 Å². The van der Waals surface area contributed by atoms with Crippen LogP contribution in [-0.4, -0.2) is 6.61 Å². The van der Waals surface area contributed by atoms with E-state index in [9.17, 15) is 14.4 Å². The molecule has 0 aliphatic heterocycles. The molecular weight excluding hydrogens is 329 g/mol. The van der Waals surface area contributed by atoms with Crippen molar-refractivity contribution in [3.8, 4) is 0 Å². The van der Waals surface area contributed by atoms with Gasteiger partial charge < -0.3 is 18.9 Å². The largest absolute Gasteiger partial charge is 2.00 e. The minimum Gasteiger partial charge on any atom is -0.790 e. The zero-order chi connectivity index (χ0) is 14.4. The first-order valence-corrected chi connectivity index (χ1v) is 9.19. The van der Waals surface area contributed by atoms with E-state index in [-0.39, 0.29) is 26.1 Å². The Bertz CT molecular complexity index is 233. The second kappa shape index (κ2) is 16.1. The Kier molecular flexibility index (Phi) is 18.5. The van der Waals surface area contributed by atoms with E-state index in [0.29, 0.717) is 6.42 Å². The maximum atomic E-state index is 10.2. The molecule has 0 atom stereocenters. The van der Waals surface area contributed by atoms with E-state index in [4.69, 9.17) is 0 Å². The molecule has 0 aromatic carbocycles. The summed E-state index contributed by atoms with van der Waals surface area (Å²) in [6.45, 7) is 2.28. The zero-order valence-corrected chi connectivity index (χ0v) is 16.8. The van der Waals surface area contributed by atoms with Gasteiger partial charge in [-0.15, -0.1) is 0 Å². The summed E-state index contributed by atoms with van der Waals surface area (Å²) in [4.78, 5) is 20.4. The average Bonchev–Trinajstić information content (AvgIpc) is 2.34. The van der Waals surface area contributed by atoms with Crippen molar-refractivity contribution in [2.75, 3.05) is 6.61 Å². The first-order chi connectivity index (χ1) is 9.06. The molecule has 20 heavy (non-hydrogen) atoms. The second-order valence-electron chi connectivity index (χ2n) is 5.17. The Hall–Kier alpha value is 0.733. The number of hydrogen-bond acceptors (Lipinski definition) is 4. The predicted octanol–water partition coefficient (Wildman–Crippen LogP) is 3.53. The van der Waals surface area contributed by atoms with E-state index in [2.05, 4.69) is 11.4 Å². The molecule has 0 heterocycles. The molecule has 0 rings (SSSR count). The molecule has 0 N–H and O–H groups in total. The summed E-state index contributed by atoms with van der Waals surface area (Å²) in [7, 11) is -4.75. The summed E-state index contributed by atoms with van der Waals surface area (Å²) in [5.74, 6) is 0. The van der Waals surface area contributed by atoms with E-state index >= 15 is 0 Å². The molecule has 116 valence electrons. The Labute approximate surface area is 137 Å². The van der Waals surface area contributed by atoms with E-state index in [1.54, 1.807) is 0 Å². The molecule has 0 fully saturated rings. The molecule has 4 nitrogen and oxygen atoms in total. The van der Waals surface area contributed by atoms with Crippen molar-refractivity contribution in [1.29, 1.82) is 0 Å². The van der Waals surface area contributed by atoms with Crippen LogP contribution in [0.3, 0.4) is 0 Å². The molecule has 0 aliphatic rings. The van der Waals surface area contributed by atoms with Gasteiger partial charge in [0.2, 0.25) is 0 Å². The summed E-state index contributed by atoms with van der Waals surface area (Å²) < 4.78 is 14.3. The standard InChI is InChI=1S/C14H31O4P.Zn/c1-2-3-4-5-6-7-8-9-10-11-12-13-14-18-19(15,16)17;/h2-14H2,1H3,(H2,15,16,17);/q;+2/p-2. The molecule has 0 aromatic heterocycles. The van der Waals surface area contributed by atoms with Crippen LogP contribution in [0.4, 0.5) is 0 Å². The van der Waals surface area contributed by atoms with Gasteiger partial charge in [0.25, 0.3) is 0 Å². The van der Waals surface area contributed by atoms with Crippen molar-refractivity contribution in [3.63, 3.8) is 0 Å². The molecule has 0 aromatic rings. The quantitative estimate of drug-likeness (QED) is 0.271. The number of phosphoric ester groups is 1. The van der Waals surface area contributed by atoms with E-state index in [0.717, 1.165) is 12.8 Å². The first-order valence-electron chi connectivity index (χ1n) is 7.73. The SMILES string of the molecule is CCCCCCCCCCCCCCOP(=O)([O-])[O-].[Zn+2]. The number of phosphoric acid groups is 1. The van der Waals surface area contributed by atoms with Gasteiger partial charge in [-0.3, -0.25) is 0 Å². The van der Waals surface area contributed by atoms with E-state index < -0.39 is 7.82 Å². The fourth-order valence-electron chi connectivity index (χ4n) is 2.12. The fourth-order valence-corrected chi connectivity index (χ4v) is 2.47. The summed E-state index contributed by atoms with van der Waals surface area (Å²) in [6, 6.07) is 0. The van der Waals surface area contributed by atoms with Crippen LogP contribution in [0.2, 0.25) is 0 Å². The minimum absolute atomic E-state index is 0. The Morgan fingerprint density at radius 3 is 1.45 bits per heavy atom. The monoisotopic (exact) mass is 356 g/mol. The zero-order valence-electron chi connectivity index (χ0n) is 13.0. The van der Waals surface area contributed by atoms with Gasteiger partial charge in [-0.2, -0.15) is 0 Å². The predicted molar refractivity (Wildman–Crippen MR) is 74.6 cm³/mol. The third kappa shape index (κ3) is 21.0. The number of hydrogen-bond donors (Lipinski definition) is 0. The van der Waals surface area contributed by atoms with Gasteiger partial charge in [-0.05, 0) is 6.42 Å². The molecule has 6 heteroatoms. The molecule has 0 saturated carbocycles. The molecule has 0 spiro atoms. The average molecular weight is 358 g/mol. The van der Waals surface area contributed by atoms with E-state index in [1.165, 1.54) is 57.8 Å². The van der Waals surface area contributed by atoms with Crippen LogP contribution >= 0.6 is 7.82 Å². The van der Waals surface area contributed by atoms with Crippen LogP contribution < -0.4 is 9.79 Å². The van der Waals surface area contributed by atoms with Crippen LogP contribution in [0, 0.1) is 0 Å². The summed E-state index contributed by atoms with van der Waals surface area (Å²) in [5, 5.41) is 0. The first kappa shape index (κ1) is 23.0. The van der Waals surface area contributed by atoms with Crippen LogP contribution in [-0.2, 0) is 28.6 Å². The maximum Gasteiger partial charge on any atom is 2.00 e. The van der Waals surface area contributed by atoms with Gasteiger partial charge in [0.1, 0.15) is 0 Å². The Morgan fingerprint density at radius 2 is 1.10 bits per heavy atom. The van der Waals surface area contributed by atoms with Gasteiger partial charge in [0, 0.05) is 0 Å². The van der Waals surface area contributed by atoms with Gasteiger partial charge in [0.05, 0.1) is 14.4 Å². The van der Waals surface area contributed by atoms with Crippen molar-refractivity contribution in [2.24, 2.45) is 0 Å². The van der Waals surface area contributed by atoms with E-state index in [1.807, 2.05) is 0 Å². The number of rotatable bonds is 14. The Balaban J connectivity index is 0. The van der Waals surface area contributed by atoms with Crippen LogP contribution in [0.25, 0.3) is 0 Å². The molecule has 0 bridgehead atoms. The molecule has 0 amide bonds. The Morgan fingerprint density at radius 1 is 0.750 bits per heavy atom. The molecule has 0 radical (unpaired) electrons. The van der Waals surface area contributed by atoms with Crippen molar-refractivity contribution < 1.29 is 38.4 Å².